The van der Waals surface area contributed by atoms with E-state index in [0.29, 0.717) is 37.6 Å². The van der Waals surface area contributed by atoms with Crippen LogP contribution in [-0.2, 0) is 13.2 Å². The van der Waals surface area contributed by atoms with Crippen LogP contribution < -0.4 is 4.90 Å². The number of amides is 1. The number of hydrogen-bond acceptors (Lipinski definition) is 4. The number of halogens is 3. The van der Waals surface area contributed by atoms with E-state index in [4.69, 9.17) is 0 Å². The fourth-order valence-electron chi connectivity index (χ4n) is 2.59. The molecule has 0 aliphatic carbocycles. The highest BCUT2D eigenvalue weighted by Gasteiger charge is 2.31. The molecule has 24 heavy (non-hydrogen) atoms. The van der Waals surface area contributed by atoms with Crippen molar-refractivity contribution in [3.63, 3.8) is 0 Å². The van der Waals surface area contributed by atoms with Crippen LogP contribution in [0, 0.1) is 0 Å². The summed E-state index contributed by atoms with van der Waals surface area (Å²) in [5, 5.41) is 3.98. The Bertz CT molecular complexity index is 717. The minimum atomic E-state index is -4.39. The Morgan fingerprint density at radius 2 is 1.83 bits per heavy atom. The molecule has 0 unspecified atom stereocenters. The number of aryl methyl sites for hydroxylation is 1. The summed E-state index contributed by atoms with van der Waals surface area (Å²) >= 11 is 0. The van der Waals surface area contributed by atoms with Crippen molar-refractivity contribution in [2.75, 3.05) is 31.1 Å². The van der Waals surface area contributed by atoms with Crippen LogP contribution in [0.4, 0.5) is 19.0 Å². The number of nitrogens with zero attached hydrogens (tertiary/aromatic N) is 5. The van der Waals surface area contributed by atoms with Gasteiger partial charge in [-0.1, -0.05) is 0 Å². The lowest BCUT2D eigenvalue weighted by atomic mass is 10.2. The molecule has 0 radical (unpaired) electrons. The van der Waals surface area contributed by atoms with Gasteiger partial charge in [-0.05, 0) is 12.1 Å². The lowest BCUT2D eigenvalue weighted by molar-refractivity contribution is -0.137. The summed E-state index contributed by atoms with van der Waals surface area (Å²) < 4.78 is 39.2. The first-order chi connectivity index (χ1) is 11.3. The molecule has 1 saturated heterocycles. The zero-order valence-corrected chi connectivity index (χ0v) is 13.0. The predicted molar refractivity (Wildman–Crippen MR) is 80.6 cm³/mol. The maximum atomic E-state index is 12.6. The largest absolute Gasteiger partial charge is 0.417 e. The Kier molecular flexibility index (Phi) is 4.16. The third kappa shape index (κ3) is 3.34. The average Bonchev–Trinajstić information content (AvgIpc) is 3.00. The number of hydrogen-bond donors (Lipinski definition) is 0. The first kappa shape index (κ1) is 16.3. The number of carbonyl (C=O) groups excluding carboxylic acids is 1. The highest BCUT2D eigenvalue weighted by Crippen LogP contribution is 2.29. The number of pyridine rings is 1. The van der Waals surface area contributed by atoms with Crippen LogP contribution in [0.3, 0.4) is 0 Å². The summed E-state index contributed by atoms with van der Waals surface area (Å²) in [6.07, 6.45) is -0.374. The zero-order valence-electron chi connectivity index (χ0n) is 13.0. The summed E-state index contributed by atoms with van der Waals surface area (Å²) in [7, 11) is 1.74. The van der Waals surface area contributed by atoms with E-state index < -0.39 is 11.7 Å². The molecule has 9 heteroatoms. The van der Waals surface area contributed by atoms with Crippen LogP contribution >= 0.6 is 0 Å². The molecule has 0 bridgehead atoms. The maximum absolute atomic E-state index is 12.6. The van der Waals surface area contributed by atoms with Gasteiger partial charge >= 0.3 is 6.18 Å². The highest BCUT2D eigenvalue weighted by atomic mass is 19.4. The summed E-state index contributed by atoms with van der Waals surface area (Å²) in [6.45, 7) is 2.00. The average molecular weight is 339 g/mol. The number of aromatic nitrogens is 3. The van der Waals surface area contributed by atoms with E-state index in [1.807, 2.05) is 4.90 Å². The van der Waals surface area contributed by atoms with Gasteiger partial charge in [-0.2, -0.15) is 18.3 Å². The highest BCUT2D eigenvalue weighted by molar-refractivity contribution is 5.93. The van der Waals surface area contributed by atoms with Gasteiger partial charge in [0.1, 0.15) is 5.82 Å². The van der Waals surface area contributed by atoms with Gasteiger partial charge in [0, 0.05) is 45.6 Å². The Labute approximate surface area is 136 Å². The fraction of sp³-hybridized carbons (Fsp3) is 0.400. The topological polar surface area (TPSA) is 54.3 Å². The normalized spacial score (nSPS) is 15.7. The molecule has 1 amide bonds. The molecule has 1 aliphatic heterocycles. The fourth-order valence-corrected chi connectivity index (χ4v) is 2.59. The second-order valence-electron chi connectivity index (χ2n) is 5.58. The van der Waals surface area contributed by atoms with Crippen LogP contribution in [0.5, 0.6) is 0 Å². The Hall–Kier alpha value is -2.58. The molecule has 6 nitrogen and oxygen atoms in total. The number of rotatable bonds is 2. The Balaban J connectivity index is 1.61. The Morgan fingerprint density at radius 3 is 2.33 bits per heavy atom. The van der Waals surface area contributed by atoms with Crippen molar-refractivity contribution in [3.05, 3.63) is 41.9 Å². The van der Waals surface area contributed by atoms with Gasteiger partial charge in [-0.25, -0.2) is 4.98 Å². The van der Waals surface area contributed by atoms with E-state index in [9.17, 15) is 18.0 Å². The van der Waals surface area contributed by atoms with Crippen molar-refractivity contribution in [3.8, 4) is 0 Å². The third-order valence-corrected chi connectivity index (χ3v) is 3.92. The molecule has 2 aromatic heterocycles. The Morgan fingerprint density at radius 1 is 1.12 bits per heavy atom. The number of anilines is 1. The van der Waals surface area contributed by atoms with Crippen LogP contribution in [0.15, 0.2) is 30.7 Å². The zero-order chi connectivity index (χ0) is 17.3. The molecule has 0 saturated carbocycles. The second kappa shape index (κ2) is 6.14. The van der Waals surface area contributed by atoms with Crippen LogP contribution in [0.1, 0.15) is 15.9 Å². The van der Waals surface area contributed by atoms with Gasteiger partial charge < -0.3 is 9.80 Å². The SMILES string of the molecule is Cn1cc(C(=O)N2CCN(c3ccc(C(F)(F)F)cn3)CC2)cn1. The predicted octanol–water partition coefficient (Wildman–Crippen LogP) is 1.80. The minimum absolute atomic E-state index is 0.0943. The van der Waals surface area contributed by atoms with Crippen molar-refractivity contribution in [2.24, 2.45) is 7.05 Å². The molecule has 1 fully saturated rings. The van der Waals surface area contributed by atoms with Gasteiger partial charge in [0.2, 0.25) is 0 Å². The number of carbonyl (C=O) groups is 1. The smallest absolute Gasteiger partial charge is 0.353 e. The lowest BCUT2D eigenvalue weighted by Crippen LogP contribution is -2.49. The molecule has 2 aromatic rings. The minimum Gasteiger partial charge on any atom is -0.353 e. The van der Waals surface area contributed by atoms with E-state index in [2.05, 4.69) is 10.1 Å². The lowest BCUT2D eigenvalue weighted by Gasteiger charge is -2.35. The number of piperazine rings is 1. The molecule has 0 spiro atoms. The molecule has 3 heterocycles. The molecular weight excluding hydrogens is 323 g/mol. The first-order valence-corrected chi connectivity index (χ1v) is 7.41. The third-order valence-electron chi connectivity index (χ3n) is 3.92. The first-order valence-electron chi connectivity index (χ1n) is 7.41. The van der Waals surface area contributed by atoms with Gasteiger partial charge in [-0.15, -0.1) is 0 Å². The molecule has 3 rings (SSSR count). The van der Waals surface area contributed by atoms with Crippen molar-refractivity contribution >= 4 is 11.7 Å². The summed E-state index contributed by atoms with van der Waals surface area (Å²) in [5.74, 6) is 0.389. The van der Waals surface area contributed by atoms with Crippen LogP contribution in [-0.4, -0.2) is 51.8 Å². The van der Waals surface area contributed by atoms with Crippen molar-refractivity contribution < 1.29 is 18.0 Å². The van der Waals surface area contributed by atoms with Crippen LogP contribution in [0.25, 0.3) is 0 Å². The second-order valence-corrected chi connectivity index (χ2v) is 5.58. The van der Waals surface area contributed by atoms with Crippen LogP contribution in [0.2, 0.25) is 0 Å². The maximum Gasteiger partial charge on any atom is 0.417 e. The number of alkyl halides is 3. The molecule has 0 atom stereocenters. The van der Waals surface area contributed by atoms with E-state index in [1.54, 1.807) is 22.8 Å². The van der Waals surface area contributed by atoms with Crippen molar-refractivity contribution in [2.45, 2.75) is 6.18 Å². The standard InChI is InChI=1S/C15H16F3N5O/c1-21-10-11(8-20-21)14(24)23-6-4-22(5-7-23)13-3-2-12(9-19-13)15(16,17)18/h2-3,8-10H,4-7H2,1H3. The van der Waals surface area contributed by atoms with Crippen molar-refractivity contribution in [1.82, 2.24) is 19.7 Å². The molecule has 128 valence electrons. The molecular formula is C15H16F3N5O. The van der Waals surface area contributed by atoms with E-state index in [0.717, 1.165) is 12.3 Å². The summed E-state index contributed by atoms with van der Waals surface area (Å²) in [4.78, 5) is 19.8. The quantitative estimate of drug-likeness (QED) is 0.837. The molecule has 1 aliphatic rings. The van der Waals surface area contributed by atoms with Crippen molar-refractivity contribution in [1.29, 1.82) is 0 Å². The van der Waals surface area contributed by atoms with E-state index in [-0.39, 0.29) is 5.91 Å². The van der Waals surface area contributed by atoms with Gasteiger partial charge in [0.25, 0.3) is 5.91 Å². The van der Waals surface area contributed by atoms with Gasteiger partial charge in [0.15, 0.2) is 0 Å². The van der Waals surface area contributed by atoms with E-state index >= 15 is 0 Å². The summed E-state index contributed by atoms with van der Waals surface area (Å²) in [5.41, 5.74) is -0.241. The molecule has 0 aromatic carbocycles. The summed E-state index contributed by atoms with van der Waals surface area (Å²) in [6, 6.07) is 2.39. The van der Waals surface area contributed by atoms with Gasteiger partial charge in [0.05, 0.1) is 17.3 Å². The van der Waals surface area contributed by atoms with E-state index in [1.165, 1.54) is 12.3 Å². The molecule has 0 N–H and O–H groups in total. The van der Waals surface area contributed by atoms with Gasteiger partial charge in [-0.3, -0.25) is 9.48 Å². The monoisotopic (exact) mass is 339 g/mol.